The van der Waals surface area contributed by atoms with Crippen molar-refractivity contribution in [2.75, 3.05) is 37.4 Å². The molecule has 9 nitrogen and oxygen atoms in total. The molecule has 0 atom stereocenters. The molecule has 11 heteroatoms. The maximum absolute atomic E-state index is 12.9. The van der Waals surface area contributed by atoms with Crippen LogP contribution >= 0.6 is 0 Å². The Bertz CT molecular complexity index is 1190. The quantitative estimate of drug-likeness (QED) is 0.523. The van der Waals surface area contributed by atoms with Crippen LogP contribution in [0.5, 0.6) is 0 Å². The third kappa shape index (κ3) is 6.32. The molecule has 0 aliphatic heterocycles. The van der Waals surface area contributed by atoms with Gasteiger partial charge in [-0.15, -0.1) is 0 Å². The number of rotatable bonds is 10. The molecule has 0 unspecified atom stereocenters. The van der Waals surface area contributed by atoms with Crippen molar-refractivity contribution in [1.29, 1.82) is 0 Å². The Labute approximate surface area is 196 Å². The molecular formula is C22H32N4O5S2. The first-order valence-corrected chi connectivity index (χ1v) is 13.5. The van der Waals surface area contributed by atoms with E-state index in [0.29, 0.717) is 24.5 Å². The lowest BCUT2D eigenvalue weighted by atomic mass is 10.2. The molecule has 2 rings (SSSR count). The Balaban J connectivity index is 2.38. The van der Waals surface area contributed by atoms with Crippen LogP contribution in [0.3, 0.4) is 0 Å². The molecule has 2 N–H and O–H groups in total. The average molecular weight is 497 g/mol. The van der Waals surface area contributed by atoms with Gasteiger partial charge in [0.15, 0.2) is 0 Å². The first-order valence-electron chi connectivity index (χ1n) is 10.6. The van der Waals surface area contributed by atoms with E-state index in [0.717, 1.165) is 0 Å². The van der Waals surface area contributed by atoms with Gasteiger partial charge in [-0.05, 0) is 56.3 Å². The fraction of sp³-hybridized carbons (Fsp3) is 0.409. The molecule has 0 spiro atoms. The van der Waals surface area contributed by atoms with Gasteiger partial charge in [-0.2, -0.15) is 4.31 Å². The number of carbonyl (C=O) groups is 1. The summed E-state index contributed by atoms with van der Waals surface area (Å²) in [6.45, 7) is 7.62. The van der Waals surface area contributed by atoms with Crippen LogP contribution < -0.4 is 14.9 Å². The van der Waals surface area contributed by atoms with Gasteiger partial charge >= 0.3 is 0 Å². The molecule has 0 fully saturated rings. The van der Waals surface area contributed by atoms with E-state index in [1.807, 2.05) is 0 Å². The Morgan fingerprint density at radius 2 is 1.45 bits per heavy atom. The lowest BCUT2D eigenvalue weighted by Crippen LogP contribution is -2.30. The summed E-state index contributed by atoms with van der Waals surface area (Å²) in [4.78, 5) is 14.8. The van der Waals surface area contributed by atoms with Gasteiger partial charge < -0.3 is 10.2 Å². The number of nitrogens with zero attached hydrogens (tertiary/aromatic N) is 2. The summed E-state index contributed by atoms with van der Waals surface area (Å²) in [5.74, 6) is -0.490. The van der Waals surface area contributed by atoms with Gasteiger partial charge in [-0.3, -0.25) is 4.79 Å². The SMILES string of the molecule is CCN(CC)S(=O)(=O)c1ccc(N(C)C)c(NC(=O)c2ccc(S(=O)(=O)NC(C)C)cc2)c1. The van der Waals surface area contributed by atoms with Crippen molar-refractivity contribution in [2.45, 2.75) is 43.5 Å². The highest BCUT2D eigenvalue weighted by Crippen LogP contribution is 2.29. The largest absolute Gasteiger partial charge is 0.376 e. The molecule has 0 heterocycles. The van der Waals surface area contributed by atoms with Crippen LogP contribution in [0.4, 0.5) is 11.4 Å². The highest BCUT2D eigenvalue weighted by molar-refractivity contribution is 7.89. The fourth-order valence-corrected chi connectivity index (χ4v) is 5.97. The zero-order valence-electron chi connectivity index (χ0n) is 19.8. The predicted molar refractivity (Wildman–Crippen MR) is 131 cm³/mol. The van der Waals surface area contributed by atoms with Crippen molar-refractivity contribution in [2.24, 2.45) is 0 Å². The van der Waals surface area contributed by atoms with Gasteiger partial charge in [0, 0.05) is 38.8 Å². The van der Waals surface area contributed by atoms with Gasteiger partial charge in [-0.25, -0.2) is 21.6 Å². The number of hydrogen-bond acceptors (Lipinski definition) is 6. The van der Waals surface area contributed by atoms with Crippen LogP contribution in [-0.4, -0.2) is 60.3 Å². The van der Waals surface area contributed by atoms with Crippen LogP contribution in [0.15, 0.2) is 52.3 Å². The monoisotopic (exact) mass is 496 g/mol. The summed E-state index contributed by atoms with van der Waals surface area (Å²) in [6.07, 6.45) is 0. The third-order valence-electron chi connectivity index (χ3n) is 4.86. The van der Waals surface area contributed by atoms with Crippen molar-refractivity contribution in [3.63, 3.8) is 0 Å². The summed E-state index contributed by atoms with van der Waals surface area (Å²) in [5.41, 5.74) is 1.19. The molecule has 0 aliphatic rings. The molecule has 0 aromatic heterocycles. The molecule has 1 amide bonds. The lowest BCUT2D eigenvalue weighted by molar-refractivity contribution is 0.102. The summed E-state index contributed by atoms with van der Waals surface area (Å²) >= 11 is 0. The number of anilines is 2. The maximum atomic E-state index is 12.9. The summed E-state index contributed by atoms with van der Waals surface area (Å²) in [7, 11) is -3.82. The Hall–Kier alpha value is -2.47. The molecule has 33 heavy (non-hydrogen) atoms. The van der Waals surface area contributed by atoms with Crippen molar-refractivity contribution in [1.82, 2.24) is 9.03 Å². The average Bonchev–Trinajstić information content (AvgIpc) is 2.73. The number of sulfonamides is 2. The Kier molecular flexibility index (Phi) is 8.63. The minimum Gasteiger partial charge on any atom is -0.376 e. The highest BCUT2D eigenvalue weighted by Gasteiger charge is 2.24. The topological polar surface area (TPSA) is 116 Å². The first-order chi connectivity index (χ1) is 15.3. The number of nitrogens with one attached hydrogen (secondary N) is 2. The molecule has 2 aromatic carbocycles. The summed E-state index contributed by atoms with van der Waals surface area (Å²) < 4.78 is 54.3. The van der Waals surface area contributed by atoms with Crippen LogP contribution in [0.1, 0.15) is 38.1 Å². The summed E-state index contributed by atoms with van der Waals surface area (Å²) in [6, 6.07) is 9.86. The van der Waals surface area contributed by atoms with Crippen molar-refractivity contribution in [3.05, 3.63) is 48.0 Å². The lowest BCUT2D eigenvalue weighted by Gasteiger charge is -2.22. The maximum Gasteiger partial charge on any atom is 0.255 e. The minimum absolute atomic E-state index is 0.0500. The smallest absolute Gasteiger partial charge is 0.255 e. The predicted octanol–water partition coefficient (Wildman–Crippen LogP) is 2.72. The molecular weight excluding hydrogens is 464 g/mol. The van der Waals surface area contributed by atoms with Crippen LogP contribution in [0, 0.1) is 0 Å². The number of hydrogen-bond donors (Lipinski definition) is 2. The molecule has 0 saturated heterocycles. The third-order valence-corrected chi connectivity index (χ3v) is 8.58. The molecule has 0 saturated carbocycles. The molecule has 182 valence electrons. The molecule has 2 aromatic rings. The zero-order chi connectivity index (χ0) is 25.0. The number of amides is 1. The fourth-order valence-electron chi connectivity index (χ4n) is 3.24. The van der Waals surface area contributed by atoms with E-state index in [2.05, 4.69) is 10.0 Å². The van der Waals surface area contributed by atoms with Gasteiger partial charge in [0.2, 0.25) is 20.0 Å². The Morgan fingerprint density at radius 1 is 0.909 bits per heavy atom. The van der Waals surface area contributed by atoms with Gasteiger partial charge in [0.1, 0.15) is 0 Å². The zero-order valence-corrected chi connectivity index (χ0v) is 21.4. The van der Waals surface area contributed by atoms with Gasteiger partial charge in [0.05, 0.1) is 21.2 Å². The van der Waals surface area contributed by atoms with Crippen molar-refractivity contribution in [3.8, 4) is 0 Å². The molecule has 0 bridgehead atoms. The van der Waals surface area contributed by atoms with Crippen LogP contribution in [0.2, 0.25) is 0 Å². The number of carbonyl (C=O) groups excluding carboxylic acids is 1. The van der Waals surface area contributed by atoms with E-state index in [1.165, 1.54) is 40.7 Å². The van der Waals surface area contributed by atoms with Crippen molar-refractivity contribution < 1.29 is 21.6 Å². The normalized spacial score (nSPS) is 12.2. The van der Waals surface area contributed by atoms with E-state index < -0.39 is 26.0 Å². The Morgan fingerprint density at radius 3 is 1.94 bits per heavy atom. The van der Waals surface area contributed by atoms with Crippen LogP contribution in [0.25, 0.3) is 0 Å². The second-order valence-electron chi connectivity index (χ2n) is 7.92. The van der Waals surface area contributed by atoms with E-state index in [-0.39, 0.29) is 21.4 Å². The second-order valence-corrected chi connectivity index (χ2v) is 11.6. The van der Waals surface area contributed by atoms with Crippen molar-refractivity contribution >= 4 is 37.3 Å². The minimum atomic E-state index is -3.71. The van der Waals surface area contributed by atoms with Crippen LogP contribution in [-0.2, 0) is 20.0 Å². The first kappa shape index (κ1) is 26.8. The van der Waals surface area contributed by atoms with E-state index in [1.54, 1.807) is 52.8 Å². The standard InChI is InChI=1S/C22H32N4O5S2/c1-7-26(8-2)33(30,31)19-13-14-21(25(5)6)20(15-19)23-22(27)17-9-11-18(12-10-17)32(28,29)24-16(3)4/h9-16,24H,7-8H2,1-6H3,(H,23,27). The summed E-state index contributed by atoms with van der Waals surface area (Å²) in [5, 5.41) is 2.76. The van der Waals surface area contributed by atoms with Gasteiger partial charge in [-0.1, -0.05) is 13.8 Å². The second kappa shape index (κ2) is 10.6. The molecule has 0 radical (unpaired) electrons. The van der Waals surface area contributed by atoms with Gasteiger partial charge in [0.25, 0.3) is 5.91 Å². The van der Waals surface area contributed by atoms with E-state index in [4.69, 9.17) is 0 Å². The number of benzene rings is 2. The van der Waals surface area contributed by atoms with E-state index >= 15 is 0 Å². The van der Waals surface area contributed by atoms with E-state index in [9.17, 15) is 21.6 Å². The molecule has 0 aliphatic carbocycles. The highest BCUT2D eigenvalue weighted by atomic mass is 32.2.